The smallest absolute Gasteiger partial charge is 0.144 e. The van der Waals surface area contributed by atoms with Gasteiger partial charge in [0.15, 0.2) is 0 Å². The van der Waals surface area contributed by atoms with E-state index in [-0.39, 0.29) is 0 Å². The predicted octanol–water partition coefficient (Wildman–Crippen LogP) is 2.87. The number of rotatable bonds is 4. The lowest BCUT2D eigenvalue weighted by Crippen LogP contribution is -2.18. The number of aromatic nitrogens is 1. The molecule has 0 amide bonds. The second kappa shape index (κ2) is 5.58. The summed E-state index contributed by atoms with van der Waals surface area (Å²) < 4.78 is 0. The molecular formula is C13H13N3S. The van der Waals surface area contributed by atoms with Crippen molar-refractivity contribution in [2.75, 3.05) is 0 Å². The van der Waals surface area contributed by atoms with Gasteiger partial charge in [-0.05, 0) is 24.4 Å². The van der Waals surface area contributed by atoms with E-state index in [0.717, 1.165) is 5.56 Å². The van der Waals surface area contributed by atoms with Crippen molar-refractivity contribution in [3.05, 3.63) is 52.0 Å². The lowest BCUT2D eigenvalue weighted by atomic mass is 10.2. The Labute approximate surface area is 105 Å². The molecule has 17 heavy (non-hydrogen) atoms. The molecule has 0 saturated carbocycles. The van der Waals surface area contributed by atoms with Crippen LogP contribution in [0.5, 0.6) is 0 Å². The Morgan fingerprint density at radius 1 is 1.47 bits per heavy atom. The molecular weight excluding hydrogens is 230 g/mol. The molecule has 0 spiro atoms. The van der Waals surface area contributed by atoms with Crippen molar-refractivity contribution in [3.8, 4) is 6.07 Å². The van der Waals surface area contributed by atoms with Crippen LogP contribution in [0.4, 0.5) is 0 Å². The summed E-state index contributed by atoms with van der Waals surface area (Å²) in [6.07, 6.45) is 1.64. The van der Waals surface area contributed by atoms with Crippen LogP contribution in [0.25, 0.3) is 0 Å². The van der Waals surface area contributed by atoms with Crippen molar-refractivity contribution in [1.82, 2.24) is 10.3 Å². The first-order valence-electron chi connectivity index (χ1n) is 5.42. The first-order valence-corrected chi connectivity index (χ1v) is 6.30. The number of hydrogen-bond donors (Lipinski definition) is 1. The number of nitrogens with zero attached hydrogens (tertiary/aromatic N) is 2. The fourth-order valence-electron chi connectivity index (χ4n) is 1.58. The predicted molar refractivity (Wildman–Crippen MR) is 68.5 cm³/mol. The molecule has 0 aliphatic heterocycles. The molecule has 0 bridgehead atoms. The highest BCUT2D eigenvalue weighted by molar-refractivity contribution is 7.10. The number of thiophene rings is 1. The summed E-state index contributed by atoms with van der Waals surface area (Å²) in [6.45, 7) is 2.78. The Hall–Kier alpha value is -1.70. The molecule has 0 aromatic carbocycles. The Bertz CT molecular complexity index is 514. The van der Waals surface area contributed by atoms with Crippen LogP contribution in [0, 0.1) is 11.3 Å². The van der Waals surface area contributed by atoms with Crippen LogP contribution in [-0.2, 0) is 6.54 Å². The van der Waals surface area contributed by atoms with E-state index >= 15 is 0 Å². The molecule has 2 rings (SSSR count). The molecule has 0 aliphatic rings. The van der Waals surface area contributed by atoms with E-state index < -0.39 is 0 Å². The minimum absolute atomic E-state index is 0.293. The summed E-state index contributed by atoms with van der Waals surface area (Å²) in [5.41, 5.74) is 1.44. The average Bonchev–Trinajstić information content (AvgIpc) is 2.90. The molecule has 0 saturated heterocycles. The number of pyridine rings is 1. The van der Waals surface area contributed by atoms with Gasteiger partial charge >= 0.3 is 0 Å². The van der Waals surface area contributed by atoms with E-state index in [1.54, 1.807) is 17.5 Å². The molecule has 2 aromatic rings. The van der Waals surface area contributed by atoms with Gasteiger partial charge in [-0.25, -0.2) is 4.98 Å². The normalized spacial score (nSPS) is 12.0. The largest absolute Gasteiger partial charge is 0.305 e. The monoisotopic (exact) mass is 243 g/mol. The Morgan fingerprint density at radius 2 is 2.35 bits per heavy atom. The molecule has 4 heteroatoms. The number of hydrogen-bond acceptors (Lipinski definition) is 4. The van der Waals surface area contributed by atoms with Gasteiger partial charge in [0, 0.05) is 29.2 Å². The third-order valence-electron chi connectivity index (χ3n) is 2.57. The van der Waals surface area contributed by atoms with Crippen LogP contribution >= 0.6 is 11.3 Å². The zero-order valence-corrected chi connectivity index (χ0v) is 10.4. The van der Waals surface area contributed by atoms with Crippen molar-refractivity contribution >= 4 is 11.3 Å². The average molecular weight is 243 g/mol. The first kappa shape index (κ1) is 11.8. The summed E-state index contributed by atoms with van der Waals surface area (Å²) >= 11 is 1.73. The highest BCUT2D eigenvalue weighted by atomic mass is 32.1. The second-order valence-electron chi connectivity index (χ2n) is 3.74. The van der Waals surface area contributed by atoms with Gasteiger partial charge in [-0.2, -0.15) is 5.26 Å². The molecule has 86 valence electrons. The molecule has 0 fully saturated rings. The Kier molecular flexibility index (Phi) is 3.86. The SMILES string of the molecule is CC(NCc1cccnc1C#N)c1cccs1. The molecule has 1 unspecified atom stereocenters. The zero-order chi connectivity index (χ0) is 12.1. The van der Waals surface area contributed by atoms with Crippen LogP contribution in [0.15, 0.2) is 35.8 Å². The van der Waals surface area contributed by atoms with Gasteiger partial charge in [-0.1, -0.05) is 12.1 Å². The molecule has 3 nitrogen and oxygen atoms in total. The van der Waals surface area contributed by atoms with Crippen molar-refractivity contribution < 1.29 is 0 Å². The fourth-order valence-corrected chi connectivity index (χ4v) is 2.34. The van der Waals surface area contributed by atoms with Gasteiger partial charge in [0.05, 0.1) is 0 Å². The topological polar surface area (TPSA) is 48.7 Å². The minimum Gasteiger partial charge on any atom is -0.305 e. The lowest BCUT2D eigenvalue weighted by molar-refractivity contribution is 0.581. The van der Waals surface area contributed by atoms with Gasteiger partial charge in [0.2, 0.25) is 0 Å². The van der Waals surface area contributed by atoms with E-state index in [2.05, 4.69) is 34.7 Å². The van der Waals surface area contributed by atoms with Crippen LogP contribution in [0.1, 0.15) is 29.1 Å². The molecule has 1 atom stereocenters. The highest BCUT2D eigenvalue weighted by Crippen LogP contribution is 2.18. The molecule has 2 aromatic heterocycles. The maximum atomic E-state index is 8.93. The Morgan fingerprint density at radius 3 is 3.06 bits per heavy atom. The second-order valence-corrected chi connectivity index (χ2v) is 4.72. The molecule has 1 N–H and O–H groups in total. The van der Waals surface area contributed by atoms with E-state index in [0.29, 0.717) is 18.3 Å². The highest BCUT2D eigenvalue weighted by Gasteiger charge is 2.07. The fraction of sp³-hybridized carbons (Fsp3) is 0.231. The summed E-state index contributed by atoms with van der Waals surface area (Å²) in [6, 6.07) is 10.3. The molecule has 0 radical (unpaired) electrons. The van der Waals surface area contributed by atoms with Crippen LogP contribution < -0.4 is 5.32 Å². The summed E-state index contributed by atoms with van der Waals surface area (Å²) in [7, 11) is 0. The van der Waals surface area contributed by atoms with E-state index in [4.69, 9.17) is 5.26 Å². The lowest BCUT2D eigenvalue weighted by Gasteiger charge is -2.12. The summed E-state index contributed by atoms with van der Waals surface area (Å²) in [4.78, 5) is 5.34. The van der Waals surface area contributed by atoms with E-state index in [1.165, 1.54) is 4.88 Å². The quantitative estimate of drug-likeness (QED) is 0.898. The van der Waals surface area contributed by atoms with Crippen molar-refractivity contribution in [2.45, 2.75) is 19.5 Å². The maximum absolute atomic E-state index is 8.93. The minimum atomic E-state index is 0.293. The van der Waals surface area contributed by atoms with Gasteiger partial charge in [0.25, 0.3) is 0 Å². The third-order valence-corrected chi connectivity index (χ3v) is 3.62. The van der Waals surface area contributed by atoms with Gasteiger partial charge < -0.3 is 5.32 Å². The Balaban J connectivity index is 2.01. The third kappa shape index (κ3) is 2.90. The van der Waals surface area contributed by atoms with Crippen molar-refractivity contribution in [2.24, 2.45) is 0 Å². The molecule has 0 aliphatic carbocycles. The van der Waals surface area contributed by atoms with E-state index in [9.17, 15) is 0 Å². The zero-order valence-electron chi connectivity index (χ0n) is 9.55. The van der Waals surface area contributed by atoms with Crippen molar-refractivity contribution in [1.29, 1.82) is 5.26 Å². The van der Waals surface area contributed by atoms with Crippen LogP contribution in [0.3, 0.4) is 0 Å². The summed E-state index contributed by atoms with van der Waals surface area (Å²) in [5.74, 6) is 0. The standard InChI is InChI=1S/C13H13N3S/c1-10(13-5-3-7-17-13)16-9-11-4-2-6-15-12(11)8-14/h2-7,10,16H,9H2,1H3. The first-order chi connectivity index (χ1) is 8.31. The van der Waals surface area contributed by atoms with Crippen molar-refractivity contribution in [3.63, 3.8) is 0 Å². The van der Waals surface area contributed by atoms with Gasteiger partial charge in [-0.15, -0.1) is 11.3 Å². The number of nitrogens with one attached hydrogen (secondary N) is 1. The van der Waals surface area contributed by atoms with Crippen LogP contribution in [-0.4, -0.2) is 4.98 Å². The summed E-state index contributed by atoms with van der Waals surface area (Å²) in [5, 5.41) is 14.4. The molecule has 2 heterocycles. The van der Waals surface area contributed by atoms with Gasteiger partial charge in [-0.3, -0.25) is 0 Å². The van der Waals surface area contributed by atoms with E-state index in [1.807, 2.05) is 18.2 Å². The van der Waals surface area contributed by atoms with Crippen LogP contribution in [0.2, 0.25) is 0 Å². The van der Waals surface area contributed by atoms with Gasteiger partial charge in [0.1, 0.15) is 11.8 Å². The maximum Gasteiger partial charge on any atom is 0.144 e. The number of nitriles is 1.